The van der Waals surface area contributed by atoms with Crippen LogP contribution < -0.4 is 10.1 Å². The molecule has 118 valence electrons. The number of hydrogen-bond acceptors (Lipinski definition) is 5. The smallest absolute Gasteiger partial charge is 0.119 e. The molecule has 1 saturated carbocycles. The minimum Gasteiger partial charge on any atom is -0.491 e. The summed E-state index contributed by atoms with van der Waals surface area (Å²) < 4.78 is 21.6. The molecule has 0 aliphatic heterocycles. The fraction of sp³-hybridized carbons (Fsp3) is 0.625. The first kappa shape index (κ1) is 16.1. The highest BCUT2D eigenvalue weighted by Gasteiger charge is 2.42. The van der Waals surface area contributed by atoms with Gasteiger partial charge in [-0.3, -0.25) is 0 Å². The van der Waals surface area contributed by atoms with Gasteiger partial charge in [0.05, 0.1) is 18.8 Å². The molecular weight excluding hydrogens is 270 g/mol. The van der Waals surface area contributed by atoms with Gasteiger partial charge in [-0.05, 0) is 37.6 Å². The zero-order valence-corrected chi connectivity index (χ0v) is 13.0. The predicted molar refractivity (Wildman–Crippen MR) is 82.1 cm³/mol. The van der Waals surface area contributed by atoms with Crippen LogP contribution in [-0.2, 0) is 14.2 Å². The van der Waals surface area contributed by atoms with E-state index in [0.717, 1.165) is 24.5 Å². The summed E-state index contributed by atoms with van der Waals surface area (Å²) in [6, 6.07) is 8.25. The van der Waals surface area contributed by atoms with Gasteiger partial charge in [-0.25, -0.2) is 0 Å². The van der Waals surface area contributed by atoms with Gasteiger partial charge in [0.1, 0.15) is 18.5 Å². The van der Waals surface area contributed by atoms with Crippen LogP contribution in [0.3, 0.4) is 0 Å². The fourth-order valence-electron chi connectivity index (χ4n) is 2.52. The fourth-order valence-corrected chi connectivity index (χ4v) is 2.52. The van der Waals surface area contributed by atoms with Crippen molar-refractivity contribution in [1.29, 1.82) is 0 Å². The maximum absolute atomic E-state index is 5.63. The molecule has 0 heterocycles. The molecule has 1 aliphatic carbocycles. The Hall–Kier alpha value is -1.30. The predicted octanol–water partition coefficient (Wildman–Crippen LogP) is 2.32. The third-order valence-corrected chi connectivity index (χ3v) is 3.66. The number of rotatable bonds is 9. The third-order valence-electron chi connectivity index (χ3n) is 3.66. The van der Waals surface area contributed by atoms with Crippen molar-refractivity contribution in [1.82, 2.24) is 0 Å². The first-order valence-corrected chi connectivity index (χ1v) is 7.41. The van der Waals surface area contributed by atoms with Crippen LogP contribution in [0.1, 0.15) is 13.3 Å². The Balaban J connectivity index is 1.81. The van der Waals surface area contributed by atoms with Gasteiger partial charge in [-0.2, -0.15) is 0 Å². The summed E-state index contributed by atoms with van der Waals surface area (Å²) in [6.45, 7) is 3.89. The molecule has 3 unspecified atom stereocenters. The largest absolute Gasteiger partial charge is 0.491 e. The summed E-state index contributed by atoms with van der Waals surface area (Å²) in [6.07, 6.45) is 1.29. The van der Waals surface area contributed by atoms with Gasteiger partial charge >= 0.3 is 0 Å². The van der Waals surface area contributed by atoms with Crippen molar-refractivity contribution in [3.63, 3.8) is 0 Å². The molecule has 1 N–H and O–H groups in total. The van der Waals surface area contributed by atoms with Crippen LogP contribution in [0, 0.1) is 0 Å². The van der Waals surface area contributed by atoms with Crippen molar-refractivity contribution in [2.24, 2.45) is 0 Å². The number of anilines is 1. The molecule has 5 heteroatoms. The number of nitrogens with one attached hydrogen (secondary N) is 1. The van der Waals surface area contributed by atoms with Gasteiger partial charge in [-0.1, -0.05) is 0 Å². The maximum atomic E-state index is 5.63. The summed E-state index contributed by atoms with van der Waals surface area (Å²) in [5.41, 5.74) is 1.07. The second-order valence-corrected chi connectivity index (χ2v) is 5.05. The molecule has 1 aromatic rings. The molecule has 0 radical (unpaired) electrons. The van der Waals surface area contributed by atoms with Gasteiger partial charge in [0, 0.05) is 26.5 Å². The number of ether oxygens (including phenoxy) is 4. The lowest BCUT2D eigenvalue weighted by atomic mass is 9.85. The minimum absolute atomic E-state index is 0.113. The SMILES string of the molecule is CCOC1CC(Nc2ccc(OCCOC)cc2)C1OC. The van der Waals surface area contributed by atoms with Gasteiger partial charge in [0.25, 0.3) is 0 Å². The van der Waals surface area contributed by atoms with Crippen LogP contribution in [0.5, 0.6) is 5.75 Å². The van der Waals surface area contributed by atoms with Gasteiger partial charge in [0.15, 0.2) is 0 Å². The summed E-state index contributed by atoms with van der Waals surface area (Å²) in [7, 11) is 3.40. The standard InChI is InChI=1S/C16H25NO4/c1-4-20-15-11-14(16(15)19-3)17-12-5-7-13(8-6-12)21-10-9-18-2/h5-8,14-17H,4,9-11H2,1-3H3. The Bertz CT molecular complexity index is 409. The highest BCUT2D eigenvalue weighted by atomic mass is 16.5. The van der Waals surface area contributed by atoms with E-state index in [2.05, 4.69) is 5.32 Å². The third kappa shape index (κ3) is 4.33. The first-order chi connectivity index (χ1) is 10.3. The highest BCUT2D eigenvalue weighted by Crippen LogP contribution is 2.30. The molecule has 1 fully saturated rings. The van der Waals surface area contributed by atoms with Crippen LogP contribution in [-0.4, -0.2) is 52.3 Å². The Morgan fingerprint density at radius 2 is 1.90 bits per heavy atom. The Labute approximate surface area is 126 Å². The minimum atomic E-state index is 0.113. The Morgan fingerprint density at radius 1 is 1.14 bits per heavy atom. The lowest BCUT2D eigenvalue weighted by Gasteiger charge is -2.43. The number of hydrogen-bond donors (Lipinski definition) is 1. The van der Waals surface area contributed by atoms with Crippen LogP contribution in [0.4, 0.5) is 5.69 Å². The van der Waals surface area contributed by atoms with Crippen molar-refractivity contribution in [3.05, 3.63) is 24.3 Å². The van der Waals surface area contributed by atoms with E-state index in [-0.39, 0.29) is 12.2 Å². The average molecular weight is 295 g/mol. The van der Waals surface area contributed by atoms with E-state index in [1.165, 1.54) is 0 Å². The monoisotopic (exact) mass is 295 g/mol. The van der Waals surface area contributed by atoms with Crippen molar-refractivity contribution < 1.29 is 18.9 Å². The molecule has 0 amide bonds. The van der Waals surface area contributed by atoms with E-state index in [1.54, 1.807) is 14.2 Å². The summed E-state index contributed by atoms with van der Waals surface area (Å²) in [5.74, 6) is 0.849. The van der Waals surface area contributed by atoms with Gasteiger partial charge in [-0.15, -0.1) is 0 Å². The molecule has 0 bridgehead atoms. The molecule has 0 saturated heterocycles. The molecule has 0 spiro atoms. The summed E-state index contributed by atoms with van der Waals surface area (Å²) in [5, 5.41) is 3.48. The summed E-state index contributed by atoms with van der Waals surface area (Å²) in [4.78, 5) is 0. The van der Waals surface area contributed by atoms with Gasteiger partial charge in [0.2, 0.25) is 0 Å². The van der Waals surface area contributed by atoms with E-state index in [9.17, 15) is 0 Å². The van der Waals surface area contributed by atoms with Crippen molar-refractivity contribution in [2.45, 2.75) is 31.6 Å². The molecule has 2 rings (SSSR count). The number of methoxy groups -OCH3 is 2. The lowest BCUT2D eigenvalue weighted by Crippen LogP contribution is -2.56. The second-order valence-electron chi connectivity index (χ2n) is 5.05. The molecule has 21 heavy (non-hydrogen) atoms. The summed E-state index contributed by atoms with van der Waals surface area (Å²) >= 11 is 0. The van der Waals surface area contributed by atoms with Crippen molar-refractivity contribution in [2.75, 3.05) is 39.4 Å². The number of benzene rings is 1. The van der Waals surface area contributed by atoms with E-state index in [1.807, 2.05) is 31.2 Å². The van der Waals surface area contributed by atoms with E-state index in [0.29, 0.717) is 19.3 Å². The van der Waals surface area contributed by atoms with E-state index in [4.69, 9.17) is 18.9 Å². The quantitative estimate of drug-likeness (QED) is 0.709. The lowest BCUT2D eigenvalue weighted by molar-refractivity contribution is -0.118. The van der Waals surface area contributed by atoms with Crippen LogP contribution in [0.2, 0.25) is 0 Å². The average Bonchev–Trinajstić information content (AvgIpc) is 2.48. The van der Waals surface area contributed by atoms with Crippen molar-refractivity contribution in [3.8, 4) is 5.75 Å². The maximum Gasteiger partial charge on any atom is 0.119 e. The van der Waals surface area contributed by atoms with E-state index >= 15 is 0 Å². The van der Waals surface area contributed by atoms with Crippen LogP contribution >= 0.6 is 0 Å². The Morgan fingerprint density at radius 3 is 2.52 bits per heavy atom. The molecule has 1 aromatic carbocycles. The Kier molecular flexibility index (Phi) is 6.29. The zero-order valence-electron chi connectivity index (χ0n) is 13.0. The topological polar surface area (TPSA) is 49.0 Å². The normalized spacial score (nSPS) is 24.4. The molecule has 1 aliphatic rings. The van der Waals surface area contributed by atoms with Crippen molar-refractivity contribution >= 4 is 5.69 Å². The van der Waals surface area contributed by atoms with Crippen LogP contribution in [0.15, 0.2) is 24.3 Å². The first-order valence-electron chi connectivity index (χ1n) is 7.41. The molecule has 3 atom stereocenters. The van der Waals surface area contributed by atoms with Crippen LogP contribution in [0.25, 0.3) is 0 Å². The zero-order chi connectivity index (χ0) is 15.1. The molecule has 0 aromatic heterocycles. The second kappa shape index (κ2) is 8.22. The highest BCUT2D eigenvalue weighted by molar-refractivity contribution is 5.48. The van der Waals surface area contributed by atoms with Gasteiger partial charge < -0.3 is 24.3 Å². The molecular formula is C16H25NO4. The molecule has 5 nitrogen and oxygen atoms in total. The van der Waals surface area contributed by atoms with E-state index < -0.39 is 0 Å².